The van der Waals surface area contributed by atoms with E-state index in [1.54, 1.807) is 27.2 Å². The molecule has 1 amide bonds. The number of thioether (sulfide) groups is 1. The number of hydrogen-bond acceptors (Lipinski definition) is 5. The van der Waals surface area contributed by atoms with E-state index in [9.17, 15) is 9.59 Å². The molecule has 8 heteroatoms. The summed E-state index contributed by atoms with van der Waals surface area (Å²) in [6.45, 7) is 4.81. The van der Waals surface area contributed by atoms with Gasteiger partial charge in [-0.15, -0.1) is 0 Å². The molecular formula is C24H29N5O2S. The van der Waals surface area contributed by atoms with E-state index in [0.29, 0.717) is 34.4 Å². The van der Waals surface area contributed by atoms with Crippen molar-refractivity contribution in [1.82, 2.24) is 24.2 Å². The summed E-state index contributed by atoms with van der Waals surface area (Å²) in [5.74, 6) is 0.848. The largest absolute Gasteiger partial charge is 0.340 e. The second kappa shape index (κ2) is 8.73. The van der Waals surface area contributed by atoms with E-state index >= 15 is 0 Å². The number of aromatic nitrogens is 4. The van der Waals surface area contributed by atoms with Gasteiger partial charge in [-0.05, 0) is 44.4 Å². The van der Waals surface area contributed by atoms with Crippen molar-refractivity contribution in [1.29, 1.82) is 0 Å². The molecule has 1 aliphatic heterocycles. The first-order valence-corrected chi connectivity index (χ1v) is 12.5. The Morgan fingerprint density at radius 3 is 2.81 bits per heavy atom. The number of amides is 1. The zero-order chi connectivity index (χ0) is 22.2. The molecule has 0 radical (unpaired) electrons. The monoisotopic (exact) mass is 451 g/mol. The minimum absolute atomic E-state index is 0.104. The Labute approximate surface area is 191 Å². The third-order valence-corrected chi connectivity index (χ3v) is 7.80. The quantitative estimate of drug-likeness (QED) is 0.546. The van der Waals surface area contributed by atoms with E-state index in [0.717, 1.165) is 30.6 Å². The third kappa shape index (κ3) is 3.74. The van der Waals surface area contributed by atoms with Crippen molar-refractivity contribution in [2.75, 3.05) is 12.3 Å². The maximum Gasteiger partial charge on any atom is 0.265 e. The van der Waals surface area contributed by atoms with Crippen LogP contribution in [-0.2, 0) is 4.79 Å². The predicted octanol–water partition coefficient (Wildman–Crippen LogP) is 4.11. The first kappa shape index (κ1) is 21.2. The lowest BCUT2D eigenvalue weighted by Crippen LogP contribution is -2.42. The highest BCUT2D eigenvalue weighted by Crippen LogP contribution is 2.34. The summed E-state index contributed by atoms with van der Waals surface area (Å²) < 4.78 is 3.45. The summed E-state index contributed by atoms with van der Waals surface area (Å²) in [6, 6.07) is 8.18. The topological polar surface area (TPSA) is 73.0 Å². The summed E-state index contributed by atoms with van der Waals surface area (Å²) >= 11 is 1.55. The number of carbonyl (C=O) groups is 1. The standard InChI is InChI=1S/C24H29N5O2S/c1-3-27(17-9-5-4-6-10-17)21(30)13-19-15-32-24-26-22-20(23(31)28(19)24)14-25-29(22)18-11-7-8-16(2)12-18/h7-8,11-12,14,17,19H,3-6,9-10,13,15H2,1-2H3. The summed E-state index contributed by atoms with van der Waals surface area (Å²) in [4.78, 5) is 33.4. The van der Waals surface area contributed by atoms with Crippen LogP contribution in [0.15, 0.2) is 40.4 Å². The molecule has 1 aliphatic carbocycles. The van der Waals surface area contributed by atoms with Crippen molar-refractivity contribution in [2.24, 2.45) is 0 Å². The van der Waals surface area contributed by atoms with E-state index < -0.39 is 0 Å². The van der Waals surface area contributed by atoms with Crippen molar-refractivity contribution in [3.05, 3.63) is 46.4 Å². The van der Waals surface area contributed by atoms with Crippen LogP contribution in [-0.4, -0.2) is 48.5 Å². The van der Waals surface area contributed by atoms with Gasteiger partial charge in [-0.3, -0.25) is 14.2 Å². The molecule has 3 heterocycles. The van der Waals surface area contributed by atoms with Crippen LogP contribution in [0.3, 0.4) is 0 Å². The normalized spacial score (nSPS) is 18.8. The van der Waals surface area contributed by atoms with Crippen LogP contribution < -0.4 is 5.56 Å². The van der Waals surface area contributed by atoms with E-state index in [1.165, 1.54) is 19.3 Å². The van der Waals surface area contributed by atoms with Crippen molar-refractivity contribution in [2.45, 2.75) is 69.6 Å². The molecule has 0 bridgehead atoms. The second-order valence-electron chi connectivity index (χ2n) is 8.84. The number of nitrogens with zero attached hydrogens (tertiary/aromatic N) is 5. The minimum atomic E-state index is -0.160. The van der Waals surface area contributed by atoms with Crippen molar-refractivity contribution >= 4 is 28.7 Å². The molecule has 1 aromatic carbocycles. The fourth-order valence-corrected chi connectivity index (χ4v) is 6.21. The van der Waals surface area contributed by atoms with E-state index in [4.69, 9.17) is 4.98 Å². The number of aryl methyl sites for hydroxylation is 1. The number of benzene rings is 1. The molecule has 1 saturated carbocycles. The molecule has 0 saturated heterocycles. The van der Waals surface area contributed by atoms with Crippen LogP contribution in [0.4, 0.5) is 0 Å². The summed E-state index contributed by atoms with van der Waals surface area (Å²) in [5.41, 5.74) is 2.48. The highest BCUT2D eigenvalue weighted by molar-refractivity contribution is 7.99. The second-order valence-corrected chi connectivity index (χ2v) is 9.83. The predicted molar refractivity (Wildman–Crippen MR) is 127 cm³/mol. The molecule has 2 aliphatic rings. The van der Waals surface area contributed by atoms with Gasteiger partial charge < -0.3 is 4.90 Å². The Kier molecular flexibility index (Phi) is 5.80. The average molecular weight is 452 g/mol. The fraction of sp³-hybridized carbons (Fsp3) is 0.500. The first-order chi connectivity index (χ1) is 15.6. The highest BCUT2D eigenvalue weighted by Gasteiger charge is 2.32. The van der Waals surface area contributed by atoms with Gasteiger partial charge in [-0.1, -0.05) is 43.2 Å². The van der Waals surface area contributed by atoms with Crippen LogP contribution in [0.2, 0.25) is 0 Å². The van der Waals surface area contributed by atoms with Crippen LogP contribution in [0.1, 0.15) is 57.1 Å². The van der Waals surface area contributed by atoms with E-state index in [2.05, 4.69) is 12.0 Å². The van der Waals surface area contributed by atoms with Gasteiger partial charge >= 0.3 is 0 Å². The average Bonchev–Trinajstić information content (AvgIpc) is 3.40. The Morgan fingerprint density at radius 1 is 1.25 bits per heavy atom. The number of rotatable bonds is 5. The molecule has 1 fully saturated rings. The molecule has 5 rings (SSSR count). The van der Waals surface area contributed by atoms with Gasteiger partial charge in [-0.25, -0.2) is 9.67 Å². The van der Waals surface area contributed by atoms with E-state index in [1.807, 2.05) is 36.1 Å². The van der Waals surface area contributed by atoms with Crippen LogP contribution in [0, 0.1) is 6.92 Å². The van der Waals surface area contributed by atoms with Crippen molar-refractivity contribution in [3.63, 3.8) is 0 Å². The first-order valence-electron chi connectivity index (χ1n) is 11.6. The maximum absolute atomic E-state index is 13.4. The Hall–Kier alpha value is -2.61. The van der Waals surface area contributed by atoms with Gasteiger partial charge in [0.1, 0.15) is 5.39 Å². The third-order valence-electron chi connectivity index (χ3n) is 6.70. The summed E-state index contributed by atoms with van der Waals surface area (Å²) in [6.07, 6.45) is 7.80. The smallest absolute Gasteiger partial charge is 0.265 e. The highest BCUT2D eigenvalue weighted by atomic mass is 32.2. The molecule has 1 atom stereocenters. The lowest BCUT2D eigenvalue weighted by molar-refractivity contribution is -0.134. The summed E-state index contributed by atoms with van der Waals surface area (Å²) in [7, 11) is 0. The van der Waals surface area contributed by atoms with E-state index in [-0.39, 0.29) is 17.5 Å². The molecule has 0 N–H and O–H groups in total. The van der Waals surface area contributed by atoms with Gasteiger partial charge in [0.25, 0.3) is 5.56 Å². The Balaban J connectivity index is 1.44. The van der Waals surface area contributed by atoms with Gasteiger partial charge in [-0.2, -0.15) is 5.10 Å². The lowest BCUT2D eigenvalue weighted by Gasteiger charge is -2.34. The van der Waals surface area contributed by atoms with Crippen LogP contribution in [0.5, 0.6) is 0 Å². The molecule has 32 heavy (non-hydrogen) atoms. The molecule has 168 valence electrons. The van der Waals surface area contributed by atoms with Crippen molar-refractivity contribution < 1.29 is 4.79 Å². The van der Waals surface area contributed by atoms with Gasteiger partial charge in [0.15, 0.2) is 10.8 Å². The summed E-state index contributed by atoms with van der Waals surface area (Å²) in [5, 5.41) is 5.62. The number of carbonyl (C=O) groups excluding carboxylic acids is 1. The Morgan fingerprint density at radius 2 is 2.06 bits per heavy atom. The Bertz CT molecular complexity index is 1210. The van der Waals surface area contributed by atoms with Crippen LogP contribution >= 0.6 is 11.8 Å². The van der Waals surface area contributed by atoms with Crippen molar-refractivity contribution in [3.8, 4) is 5.69 Å². The van der Waals surface area contributed by atoms with Gasteiger partial charge in [0.2, 0.25) is 5.91 Å². The van der Waals surface area contributed by atoms with Gasteiger partial charge in [0, 0.05) is 24.8 Å². The zero-order valence-corrected chi connectivity index (χ0v) is 19.5. The van der Waals surface area contributed by atoms with Gasteiger partial charge in [0.05, 0.1) is 17.9 Å². The molecular weight excluding hydrogens is 422 g/mol. The zero-order valence-electron chi connectivity index (χ0n) is 18.7. The maximum atomic E-state index is 13.4. The number of fused-ring (bicyclic) bond motifs is 2. The fourth-order valence-electron chi connectivity index (χ4n) is 5.08. The molecule has 3 aromatic rings. The molecule has 2 aromatic heterocycles. The van der Waals surface area contributed by atoms with Crippen LogP contribution in [0.25, 0.3) is 16.7 Å². The minimum Gasteiger partial charge on any atom is -0.340 e. The SMILES string of the molecule is CCN(C(=O)CC1CSc2nc3c(cnn3-c3cccc(C)c3)c(=O)n21)C1CCCCC1. The molecule has 0 spiro atoms. The number of hydrogen-bond donors (Lipinski definition) is 0. The molecule has 1 unspecified atom stereocenters. The molecule has 7 nitrogen and oxygen atoms in total. The lowest BCUT2D eigenvalue weighted by atomic mass is 9.94.